The van der Waals surface area contributed by atoms with Crippen LogP contribution in [0.25, 0.3) is 0 Å². The third kappa shape index (κ3) is 14.0. The van der Waals surface area contributed by atoms with Crippen molar-refractivity contribution in [1.82, 2.24) is 32.3 Å². The van der Waals surface area contributed by atoms with E-state index >= 15 is 0 Å². The highest BCUT2D eigenvalue weighted by Crippen LogP contribution is 2.43. The monoisotopic (exact) mass is 1260 g/mol. The van der Waals surface area contributed by atoms with Crippen molar-refractivity contribution in [2.45, 2.75) is 63.5 Å². The van der Waals surface area contributed by atoms with Crippen molar-refractivity contribution in [3.63, 3.8) is 0 Å². The minimum atomic E-state index is -0.934. The second-order valence-electron chi connectivity index (χ2n) is 22.4. The van der Waals surface area contributed by atoms with Gasteiger partial charge in [0.25, 0.3) is 35.4 Å². The lowest BCUT2D eigenvalue weighted by atomic mass is 10.1. The molecule has 7 aromatic rings. The summed E-state index contributed by atoms with van der Waals surface area (Å²) in [6.07, 6.45) is 12.5. The predicted octanol–water partition coefficient (Wildman–Crippen LogP) is 7.19. The maximum atomic E-state index is 14.2. The van der Waals surface area contributed by atoms with Gasteiger partial charge in [0.1, 0.15) is 40.8 Å². The van der Waals surface area contributed by atoms with Gasteiger partial charge in [0, 0.05) is 105 Å². The van der Waals surface area contributed by atoms with Crippen molar-refractivity contribution in [2.75, 3.05) is 77.4 Å². The number of nitrogens with one attached hydrogen (secondary N) is 6. The summed E-state index contributed by atoms with van der Waals surface area (Å²) in [7, 11) is 12.5. The molecule has 6 aromatic heterocycles. The van der Waals surface area contributed by atoms with E-state index in [4.69, 9.17) is 28.4 Å². The summed E-state index contributed by atoms with van der Waals surface area (Å²) < 4.78 is 43.9. The maximum absolute atomic E-state index is 14.2. The Kier molecular flexibility index (Phi) is 19.2. The molecular weight excluding hydrogens is 1190 g/mol. The molecule has 6 N–H and O–H groups in total. The van der Waals surface area contributed by atoms with Crippen LogP contribution in [0.4, 0.5) is 44.6 Å². The molecule has 0 saturated carbocycles. The van der Waals surface area contributed by atoms with Crippen LogP contribution in [0.3, 0.4) is 0 Å². The fraction of sp³-hybridized carbons (Fsp3) is 0.349. The first-order valence-electron chi connectivity index (χ1n) is 29.5. The molecule has 2 saturated heterocycles. The standard InChI is InChI=1S/C63H72N14O15/c1-10-19-91-63(86)77-44-29-52(51(87-8)28-42(44)60(84)76-18-13-15-43(76)61(77)92-54-17-11-12-20-90-54)89-21-14-16-53(78)64-36-22-45(70(2)30-36)55(79)65-37-23-46(71(3)31-37)56(80)66-38-24-47(72(4)32-38)57(81)67-39-25-48(73(5)33-39)58(82)68-40-26-49(74(6)34-40)59(83)69-41-27-50(62(85)88-9)75(7)35-41/h10,22-35,43,54,61H,1,11-21H2,2-9H3,(H,64,78)(H,65,79)(H,66,80)(H,67,81)(H,68,82)(H,69,83)/t43-,54?,61?/m0/s1. The number of ether oxygens (including phenoxy) is 6. The number of nitrogens with zero attached hydrogens (tertiary/aromatic N) is 8. The van der Waals surface area contributed by atoms with E-state index in [9.17, 15) is 43.2 Å². The van der Waals surface area contributed by atoms with Crippen LogP contribution in [0.5, 0.6) is 11.5 Å². The average Bonchev–Trinajstić information content (AvgIpc) is 1.56. The van der Waals surface area contributed by atoms with Crippen LogP contribution in [0, 0.1) is 0 Å². The molecule has 3 aliphatic heterocycles. The fourth-order valence-corrected chi connectivity index (χ4v) is 11.4. The number of anilines is 7. The van der Waals surface area contributed by atoms with Crippen LogP contribution in [-0.4, -0.2) is 145 Å². The van der Waals surface area contributed by atoms with Crippen molar-refractivity contribution in [1.29, 1.82) is 0 Å². The number of fused-ring (bicyclic) bond motifs is 2. The molecule has 2 fully saturated rings. The smallest absolute Gasteiger partial charge is 0.416 e. The first-order valence-corrected chi connectivity index (χ1v) is 29.5. The minimum absolute atomic E-state index is 0.0178. The van der Waals surface area contributed by atoms with E-state index in [0.717, 1.165) is 12.8 Å². The van der Waals surface area contributed by atoms with Crippen LogP contribution in [0.1, 0.15) is 118 Å². The van der Waals surface area contributed by atoms with E-state index in [1.165, 1.54) is 90.5 Å². The largest absolute Gasteiger partial charge is 0.493 e. The molecule has 2 unspecified atom stereocenters. The van der Waals surface area contributed by atoms with Gasteiger partial charge in [0.15, 0.2) is 24.0 Å². The van der Waals surface area contributed by atoms with Gasteiger partial charge in [-0.3, -0.25) is 33.6 Å². The number of aromatic nitrogens is 6. The molecule has 8 amide bonds. The van der Waals surface area contributed by atoms with E-state index in [0.29, 0.717) is 66.5 Å². The number of methoxy groups -OCH3 is 2. The van der Waals surface area contributed by atoms with E-state index in [-0.39, 0.29) is 94.8 Å². The van der Waals surface area contributed by atoms with Crippen molar-refractivity contribution in [2.24, 2.45) is 42.3 Å². The number of rotatable bonds is 22. The highest BCUT2D eigenvalue weighted by atomic mass is 16.7. The number of benzene rings is 1. The van der Waals surface area contributed by atoms with Crippen molar-refractivity contribution < 1.29 is 71.6 Å². The van der Waals surface area contributed by atoms with Gasteiger partial charge in [-0.1, -0.05) is 12.7 Å². The van der Waals surface area contributed by atoms with Gasteiger partial charge < -0.3 is 92.6 Å². The third-order valence-electron chi connectivity index (χ3n) is 15.8. The van der Waals surface area contributed by atoms with E-state index in [1.807, 2.05) is 0 Å². The van der Waals surface area contributed by atoms with Gasteiger partial charge in [-0.15, -0.1) is 0 Å². The Morgan fingerprint density at radius 1 is 0.576 bits per heavy atom. The Morgan fingerprint density at radius 3 is 1.47 bits per heavy atom. The molecular formula is C63H72N14O15. The summed E-state index contributed by atoms with van der Waals surface area (Å²) in [5.74, 6) is -3.37. The summed E-state index contributed by atoms with van der Waals surface area (Å²) in [6, 6.07) is 11.6. The molecule has 29 heteroatoms. The van der Waals surface area contributed by atoms with Gasteiger partial charge >= 0.3 is 12.1 Å². The Hall–Kier alpha value is -10.8. The zero-order valence-corrected chi connectivity index (χ0v) is 52.1. The second-order valence-corrected chi connectivity index (χ2v) is 22.4. The Balaban J connectivity index is 0.706. The third-order valence-corrected chi connectivity index (χ3v) is 15.8. The number of aryl methyl sites for hydroxylation is 6. The summed E-state index contributed by atoms with van der Waals surface area (Å²) in [4.78, 5) is 124. The lowest BCUT2D eigenvalue weighted by molar-refractivity contribution is -0.195. The molecule has 29 nitrogen and oxygen atoms in total. The SMILES string of the molecule is C=CCOC(=O)N1c2cc(OCCCC(=O)Nc3cc(C(=O)Nc4cc(C(=O)Nc5cc(C(=O)Nc6cc(C(=O)Nc7cc(C(=O)Nc8cc(C(=O)OC)n(C)c8)n(C)c7)n(C)c6)n(C)c5)n(C)c4)n(C)c3)c(OC)cc2C(=O)N2CCC[C@H]2C1OC1CCCCO1. The number of esters is 1. The number of carbonyl (C=O) groups excluding carboxylic acids is 9. The van der Waals surface area contributed by atoms with E-state index < -0.39 is 60.2 Å². The van der Waals surface area contributed by atoms with Gasteiger partial charge in [0.05, 0.1) is 72.2 Å². The Bertz CT molecular complexity index is 4040. The lowest BCUT2D eigenvalue weighted by Crippen LogP contribution is -2.54. The highest BCUT2D eigenvalue weighted by Gasteiger charge is 2.48. The highest BCUT2D eigenvalue weighted by molar-refractivity contribution is 6.11. The molecule has 92 heavy (non-hydrogen) atoms. The summed E-state index contributed by atoms with van der Waals surface area (Å²) in [5, 5.41) is 16.7. The predicted molar refractivity (Wildman–Crippen MR) is 336 cm³/mol. The number of hydrogen-bond donors (Lipinski definition) is 6. The number of carbonyl (C=O) groups is 9. The molecule has 0 radical (unpaired) electrons. The van der Waals surface area contributed by atoms with Gasteiger partial charge in [-0.05, 0) is 81.0 Å². The topological polar surface area (TPSA) is 317 Å². The Morgan fingerprint density at radius 2 is 1.03 bits per heavy atom. The molecule has 10 rings (SSSR count). The molecule has 484 valence electrons. The molecule has 3 atom stereocenters. The zero-order valence-electron chi connectivity index (χ0n) is 52.1. The van der Waals surface area contributed by atoms with Crippen molar-refractivity contribution in [3.8, 4) is 11.5 Å². The van der Waals surface area contributed by atoms with Gasteiger partial charge in [-0.25, -0.2) is 14.5 Å². The molecule has 1 aromatic carbocycles. The normalized spacial score (nSPS) is 16.0. The number of amides is 8. The van der Waals surface area contributed by atoms with Crippen molar-refractivity contribution in [3.05, 3.63) is 138 Å². The Labute approximate surface area is 528 Å². The summed E-state index contributed by atoms with van der Waals surface area (Å²) in [6.45, 7) is 4.62. The zero-order chi connectivity index (χ0) is 65.7. The van der Waals surface area contributed by atoms with Gasteiger partial charge in [-0.2, -0.15) is 0 Å². The van der Waals surface area contributed by atoms with Crippen LogP contribution >= 0.6 is 0 Å². The molecule has 3 aliphatic rings. The molecule has 0 aliphatic carbocycles. The summed E-state index contributed by atoms with van der Waals surface area (Å²) >= 11 is 0. The van der Waals surface area contributed by atoms with E-state index in [1.54, 1.807) is 95.0 Å². The fourth-order valence-electron chi connectivity index (χ4n) is 11.4. The van der Waals surface area contributed by atoms with E-state index in [2.05, 4.69) is 38.5 Å². The quantitative estimate of drug-likeness (QED) is 0.0222. The lowest BCUT2D eigenvalue weighted by Gasteiger charge is -2.38. The maximum Gasteiger partial charge on any atom is 0.416 e. The first kappa shape index (κ1) is 64.2. The number of hydrogen-bond acceptors (Lipinski definition) is 15. The van der Waals surface area contributed by atoms with Gasteiger partial charge in [0.2, 0.25) is 5.91 Å². The first-order chi connectivity index (χ1) is 44.1. The van der Waals surface area contributed by atoms with Crippen LogP contribution in [0.2, 0.25) is 0 Å². The van der Waals surface area contributed by atoms with Crippen LogP contribution in [0.15, 0.2) is 98.4 Å². The van der Waals surface area contributed by atoms with Crippen molar-refractivity contribution >= 4 is 93.2 Å². The molecule has 0 spiro atoms. The average molecular weight is 1270 g/mol. The molecule has 9 heterocycles. The molecule has 0 bridgehead atoms. The summed E-state index contributed by atoms with van der Waals surface area (Å²) in [5.41, 5.74) is 3.58. The second kappa shape index (κ2) is 27.5. The minimum Gasteiger partial charge on any atom is -0.493 e. The van der Waals surface area contributed by atoms with Crippen LogP contribution in [-0.2, 0) is 66.0 Å². The van der Waals surface area contributed by atoms with Crippen LogP contribution < -0.4 is 46.3 Å².